The van der Waals surface area contributed by atoms with Crippen LogP contribution in [-0.2, 0) is 19.1 Å². The van der Waals surface area contributed by atoms with Crippen LogP contribution >= 0.6 is 11.3 Å². The smallest absolute Gasteiger partial charge is 0.410 e. The average Bonchev–Trinajstić information content (AvgIpc) is 3.15. The van der Waals surface area contributed by atoms with Gasteiger partial charge in [0.2, 0.25) is 5.91 Å². The molecule has 2 aromatic rings. The minimum atomic E-state index is -0.997. The molecule has 1 aromatic carbocycles. The zero-order valence-electron chi connectivity index (χ0n) is 16.7. The Hall–Kier alpha value is -2.94. The number of benzene rings is 1. The summed E-state index contributed by atoms with van der Waals surface area (Å²) in [4.78, 5) is 44.8. The van der Waals surface area contributed by atoms with E-state index in [0.717, 1.165) is 5.56 Å². The standard InChI is InChI=1S/C20H23N3O5S/c1-20(2,3)28-19(26)22-10-15(17(25)27-4)23(16(24)11-22)18-21-14(12-29-18)13-8-6-5-7-9-13/h5-9,12,15H,10-11H2,1-4H3. The molecule has 1 atom stereocenters. The van der Waals surface area contributed by atoms with Gasteiger partial charge in [0.05, 0.1) is 19.3 Å². The first-order chi connectivity index (χ1) is 13.7. The molecular formula is C20H23N3O5S. The maximum absolute atomic E-state index is 12.9. The molecule has 1 fully saturated rings. The zero-order chi connectivity index (χ0) is 21.2. The van der Waals surface area contributed by atoms with Crippen molar-refractivity contribution in [2.75, 3.05) is 25.1 Å². The lowest BCUT2D eigenvalue weighted by Gasteiger charge is -2.38. The first-order valence-corrected chi connectivity index (χ1v) is 9.96. The Labute approximate surface area is 173 Å². The maximum Gasteiger partial charge on any atom is 0.410 e. The van der Waals surface area contributed by atoms with Crippen LogP contribution in [0.25, 0.3) is 11.3 Å². The number of methoxy groups -OCH3 is 1. The molecule has 0 radical (unpaired) electrons. The summed E-state index contributed by atoms with van der Waals surface area (Å²) in [5, 5.41) is 2.21. The number of piperazine rings is 1. The van der Waals surface area contributed by atoms with Crippen LogP contribution < -0.4 is 4.90 Å². The number of anilines is 1. The van der Waals surface area contributed by atoms with E-state index in [2.05, 4.69) is 4.98 Å². The zero-order valence-corrected chi connectivity index (χ0v) is 17.6. The van der Waals surface area contributed by atoms with Gasteiger partial charge in [-0.2, -0.15) is 0 Å². The third kappa shape index (κ3) is 4.73. The molecule has 1 aromatic heterocycles. The molecule has 1 unspecified atom stereocenters. The lowest BCUT2D eigenvalue weighted by atomic mass is 10.1. The summed E-state index contributed by atoms with van der Waals surface area (Å²) in [5.41, 5.74) is 0.902. The monoisotopic (exact) mass is 417 g/mol. The van der Waals surface area contributed by atoms with Crippen LogP contribution in [0, 0.1) is 0 Å². The Kier molecular flexibility index (Phi) is 5.88. The van der Waals surface area contributed by atoms with Crippen LogP contribution in [-0.4, -0.2) is 59.7 Å². The van der Waals surface area contributed by atoms with E-state index in [1.807, 2.05) is 35.7 Å². The van der Waals surface area contributed by atoms with E-state index in [4.69, 9.17) is 9.47 Å². The van der Waals surface area contributed by atoms with E-state index in [1.54, 1.807) is 20.8 Å². The summed E-state index contributed by atoms with van der Waals surface area (Å²) in [5.74, 6) is -1.05. The summed E-state index contributed by atoms with van der Waals surface area (Å²) in [7, 11) is 1.24. The molecule has 2 heterocycles. The SMILES string of the molecule is COC(=O)C1CN(C(=O)OC(C)(C)C)CC(=O)N1c1nc(-c2ccccc2)cs1. The second-order valence-corrected chi connectivity index (χ2v) is 8.38. The third-order valence-electron chi connectivity index (χ3n) is 4.19. The third-order valence-corrected chi connectivity index (χ3v) is 5.03. The molecule has 1 aliphatic rings. The van der Waals surface area contributed by atoms with Gasteiger partial charge in [-0.05, 0) is 20.8 Å². The van der Waals surface area contributed by atoms with E-state index in [9.17, 15) is 14.4 Å². The number of hydrogen-bond donors (Lipinski definition) is 0. The van der Waals surface area contributed by atoms with Crippen molar-refractivity contribution in [3.05, 3.63) is 35.7 Å². The van der Waals surface area contributed by atoms with Gasteiger partial charge in [-0.1, -0.05) is 30.3 Å². The first-order valence-electron chi connectivity index (χ1n) is 9.08. The minimum Gasteiger partial charge on any atom is -0.467 e. The molecule has 3 rings (SSSR count). The first kappa shape index (κ1) is 20.8. The molecule has 0 bridgehead atoms. The summed E-state index contributed by atoms with van der Waals surface area (Å²) in [6.45, 7) is 4.97. The van der Waals surface area contributed by atoms with Crippen molar-refractivity contribution < 1.29 is 23.9 Å². The van der Waals surface area contributed by atoms with Gasteiger partial charge in [0, 0.05) is 10.9 Å². The number of amides is 2. The summed E-state index contributed by atoms with van der Waals surface area (Å²) < 4.78 is 10.2. The molecule has 2 amide bonds. The van der Waals surface area contributed by atoms with Crippen LogP contribution in [0.5, 0.6) is 0 Å². The average molecular weight is 417 g/mol. The molecule has 1 aliphatic heterocycles. The van der Waals surface area contributed by atoms with Crippen LogP contribution in [0.15, 0.2) is 35.7 Å². The van der Waals surface area contributed by atoms with Crippen molar-refractivity contribution in [1.29, 1.82) is 0 Å². The topological polar surface area (TPSA) is 89.0 Å². The lowest BCUT2D eigenvalue weighted by Crippen LogP contribution is -2.61. The number of nitrogens with zero attached hydrogens (tertiary/aromatic N) is 3. The Balaban J connectivity index is 1.87. The molecule has 0 N–H and O–H groups in total. The Bertz CT molecular complexity index is 906. The van der Waals surface area contributed by atoms with E-state index in [-0.39, 0.29) is 13.1 Å². The van der Waals surface area contributed by atoms with Gasteiger partial charge in [0.15, 0.2) is 11.2 Å². The molecular weight excluding hydrogens is 394 g/mol. The molecule has 9 heteroatoms. The number of carbonyl (C=O) groups excluding carboxylic acids is 3. The van der Waals surface area contributed by atoms with Crippen molar-refractivity contribution in [1.82, 2.24) is 9.88 Å². The maximum atomic E-state index is 12.9. The number of aromatic nitrogens is 1. The fraction of sp³-hybridized carbons (Fsp3) is 0.400. The number of carbonyl (C=O) groups is 3. The van der Waals surface area contributed by atoms with E-state index in [1.165, 1.54) is 28.2 Å². The highest BCUT2D eigenvalue weighted by Crippen LogP contribution is 2.30. The van der Waals surface area contributed by atoms with Crippen molar-refractivity contribution in [3.63, 3.8) is 0 Å². The Morgan fingerprint density at radius 1 is 1.21 bits per heavy atom. The van der Waals surface area contributed by atoms with Crippen LogP contribution in [0.2, 0.25) is 0 Å². The predicted octanol–water partition coefficient (Wildman–Crippen LogP) is 2.94. The van der Waals surface area contributed by atoms with Crippen LogP contribution in [0.3, 0.4) is 0 Å². The highest BCUT2D eigenvalue weighted by Gasteiger charge is 2.42. The predicted molar refractivity (Wildman–Crippen MR) is 109 cm³/mol. The van der Waals surface area contributed by atoms with Gasteiger partial charge in [-0.3, -0.25) is 14.6 Å². The number of rotatable bonds is 3. The number of ether oxygens (including phenoxy) is 2. The number of esters is 1. The summed E-state index contributed by atoms with van der Waals surface area (Å²) >= 11 is 1.26. The van der Waals surface area contributed by atoms with E-state index < -0.39 is 29.6 Å². The highest BCUT2D eigenvalue weighted by molar-refractivity contribution is 7.14. The molecule has 8 nitrogen and oxygen atoms in total. The minimum absolute atomic E-state index is 0.0341. The number of thiazole rings is 1. The molecule has 154 valence electrons. The fourth-order valence-electron chi connectivity index (χ4n) is 2.91. The van der Waals surface area contributed by atoms with Gasteiger partial charge >= 0.3 is 12.1 Å². The quantitative estimate of drug-likeness (QED) is 0.714. The highest BCUT2D eigenvalue weighted by atomic mass is 32.1. The molecule has 1 saturated heterocycles. The Morgan fingerprint density at radius 2 is 1.90 bits per heavy atom. The normalized spacial score (nSPS) is 17.2. The van der Waals surface area contributed by atoms with Gasteiger partial charge in [0.1, 0.15) is 12.1 Å². The van der Waals surface area contributed by atoms with Crippen LogP contribution in [0.4, 0.5) is 9.93 Å². The molecule has 0 spiro atoms. The molecule has 0 saturated carbocycles. The second kappa shape index (κ2) is 8.20. The fourth-order valence-corrected chi connectivity index (χ4v) is 3.81. The largest absolute Gasteiger partial charge is 0.467 e. The molecule has 29 heavy (non-hydrogen) atoms. The van der Waals surface area contributed by atoms with Crippen molar-refractivity contribution >= 4 is 34.4 Å². The number of hydrogen-bond acceptors (Lipinski definition) is 7. The lowest BCUT2D eigenvalue weighted by molar-refractivity contribution is -0.145. The van der Waals surface area contributed by atoms with Crippen molar-refractivity contribution in [3.8, 4) is 11.3 Å². The van der Waals surface area contributed by atoms with E-state index in [0.29, 0.717) is 10.8 Å². The van der Waals surface area contributed by atoms with Gasteiger partial charge in [-0.25, -0.2) is 14.6 Å². The summed E-state index contributed by atoms with van der Waals surface area (Å²) in [6, 6.07) is 8.54. The van der Waals surface area contributed by atoms with E-state index >= 15 is 0 Å². The van der Waals surface area contributed by atoms with Crippen molar-refractivity contribution in [2.24, 2.45) is 0 Å². The van der Waals surface area contributed by atoms with Crippen molar-refractivity contribution in [2.45, 2.75) is 32.4 Å². The van der Waals surface area contributed by atoms with Gasteiger partial charge in [0.25, 0.3) is 0 Å². The Morgan fingerprint density at radius 3 is 2.52 bits per heavy atom. The second-order valence-electron chi connectivity index (χ2n) is 7.54. The van der Waals surface area contributed by atoms with Gasteiger partial charge < -0.3 is 9.47 Å². The summed E-state index contributed by atoms with van der Waals surface area (Å²) in [6.07, 6.45) is -0.650. The van der Waals surface area contributed by atoms with Gasteiger partial charge in [-0.15, -0.1) is 11.3 Å². The molecule has 0 aliphatic carbocycles. The van der Waals surface area contributed by atoms with Crippen LogP contribution in [0.1, 0.15) is 20.8 Å².